The molecule has 2 aliphatic heterocycles. The molecule has 3 aromatic rings. The number of hydrogen-bond acceptors (Lipinski definition) is 6. The second-order valence-corrected chi connectivity index (χ2v) is 9.97. The quantitative estimate of drug-likeness (QED) is 0.384. The van der Waals surface area contributed by atoms with Crippen LogP contribution in [0.25, 0.3) is 11.0 Å². The topological polar surface area (TPSA) is 63.9 Å². The van der Waals surface area contributed by atoms with Gasteiger partial charge >= 0.3 is 5.63 Å². The minimum absolute atomic E-state index is 0.147. The van der Waals surface area contributed by atoms with Crippen LogP contribution in [0.15, 0.2) is 45.6 Å². The van der Waals surface area contributed by atoms with Crippen LogP contribution in [0, 0.1) is 11.7 Å². The summed E-state index contributed by atoms with van der Waals surface area (Å²) < 4.78 is 24.9. The molecule has 184 valence electrons. The maximum Gasteiger partial charge on any atom is 0.339 e. The lowest BCUT2D eigenvalue weighted by Crippen LogP contribution is -2.38. The Morgan fingerprint density at radius 2 is 1.91 bits per heavy atom. The molecule has 3 aliphatic rings. The fraction of sp³-hybridized carbons (Fsp3) is 0.464. The zero-order chi connectivity index (χ0) is 23.8. The number of piperidine rings is 1. The molecule has 3 heterocycles. The summed E-state index contributed by atoms with van der Waals surface area (Å²) in [6.45, 7) is 3.83. The Labute approximate surface area is 204 Å². The molecule has 0 radical (unpaired) electrons. The SMILES string of the molecule is O=c1oc2cc(OCCCCN3CCC(C4NOc5cc(F)ccc54)CC3)ccc2c2c1CCC2. The smallest absolute Gasteiger partial charge is 0.339 e. The number of benzene rings is 2. The van der Waals surface area contributed by atoms with Crippen molar-refractivity contribution in [3.63, 3.8) is 0 Å². The summed E-state index contributed by atoms with van der Waals surface area (Å²) in [6, 6.07) is 10.8. The highest BCUT2D eigenvalue weighted by Crippen LogP contribution is 2.39. The van der Waals surface area contributed by atoms with Gasteiger partial charge in [0.15, 0.2) is 5.75 Å². The molecule has 1 fully saturated rings. The zero-order valence-electron chi connectivity index (χ0n) is 19.9. The first-order chi connectivity index (χ1) is 17.2. The molecule has 0 bridgehead atoms. The first kappa shape index (κ1) is 22.6. The van der Waals surface area contributed by atoms with E-state index in [1.54, 1.807) is 0 Å². The predicted molar refractivity (Wildman–Crippen MR) is 131 cm³/mol. The first-order valence-electron chi connectivity index (χ1n) is 12.8. The highest BCUT2D eigenvalue weighted by atomic mass is 19.1. The molecule has 1 saturated heterocycles. The predicted octanol–water partition coefficient (Wildman–Crippen LogP) is 4.93. The number of aryl methyl sites for hydroxylation is 1. The zero-order valence-corrected chi connectivity index (χ0v) is 19.9. The van der Waals surface area contributed by atoms with E-state index in [0.717, 1.165) is 92.4 Å². The number of likely N-dealkylation sites (tertiary alicyclic amines) is 1. The fourth-order valence-corrected chi connectivity index (χ4v) is 5.89. The van der Waals surface area contributed by atoms with Gasteiger partial charge in [-0.15, -0.1) is 5.48 Å². The van der Waals surface area contributed by atoms with Crippen molar-refractivity contribution in [2.24, 2.45) is 5.92 Å². The molecule has 1 unspecified atom stereocenters. The third-order valence-electron chi connectivity index (χ3n) is 7.79. The summed E-state index contributed by atoms with van der Waals surface area (Å²) >= 11 is 0. The van der Waals surface area contributed by atoms with Crippen molar-refractivity contribution in [3.05, 3.63) is 69.3 Å². The van der Waals surface area contributed by atoms with Crippen LogP contribution in [0.5, 0.6) is 11.5 Å². The highest BCUT2D eigenvalue weighted by Gasteiger charge is 2.33. The number of halogens is 1. The van der Waals surface area contributed by atoms with E-state index in [4.69, 9.17) is 14.0 Å². The van der Waals surface area contributed by atoms with Gasteiger partial charge in [-0.2, -0.15) is 0 Å². The molecule has 35 heavy (non-hydrogen) atoms. The van der Waals surface area contributed by atoms with Gasteiger partial charge in [-0.3, -0.25) is 0 Å². The van der Waals surface area contributed by atoms with Crippen LogP contribution in [0.3, 0.4) is 0 Å². The largest absolute Gasteiger partial charge is 0.493 e. The Kier molecular flexibility index (Phi) is 6.20. The van der Waals surface area contributed by atoms with Crippen molar-refractivity contribution in [2.45, 2.75) is 51.0 Å². The van der Waals surface area contributed by atoms with Crippen LogP contribution in [0.1, 0.15) is 54.8 Å². The maximum atomic E-state index is 13.4. The first-order valence-corrected chi connectivity index (χ1v) is 12.8. The third-order valence-corrected chi connectivity index (χ3v) is 7.79. The number of fused-ring (bicyclic) bond motifs is 4. The van der Waals surface area contributed by atoms with E-state index in [2.05, 4.69) is 10.4 Å². The van der Waals surface area contributed by atoms with Crippen LogP contribution in [-0.2, 0) is 12.8 Å². The van der Waals surface area contributed by atoms with Crippen molar-refractivity contribution in [3.8, 4) is 11.5 Å². The van der Waals surface area contributed by atoms with Gasteiger partial charge in [0.1, 0.15) is 17.1 Å². The average Bonchev–Trinajstić information content (AvgIpc) is 3.52. The van der Waals surface area contributed by atoms with E-state index in [1.165, 1.54) is 12.1 Å². The van der Waals surface area contributed by atoms with E-state index < -0.39 is 0 Å². The van der Waals surface area contributed by atoms with Gasteiger partial charge in [0.2, 0.25) is 0 Å². The molecule has 2 aromatic carbocycles. The van der Waals surface area contributed by atoms with Crippen molar-refractivity contribution in [1.29, 1.82) is 0 Å². The molecule has 6 rings (SSSR count). The fourth-order valence-electron chi connectivity index (χ4n) is 5.89. The van der Waals surface area contributed by atoms with Crippen molar-refractivity contribution >= 4 is 11.0 Å². The molecule has 1 aliphatic carbocycles. The van der Waals surface area contributed by atoms with E-state index in [9.17, 15) is 9.18 Å². The van der Waals surface area contributed by atoms with Crippen molar-refractivity contribution in [1.82, 2.24) is 10.4 Å². The summed E-state index contributed by atoms with van der Waals surface area (Å²) in [7, 11) is 0. The Morgan fingerprint density at radius 1 is 1.06 bits per heavy atom. The molecular weight excluding hydrogens is 447 g/mol. The van der Waals surface area contributed by atoms with Gasteiger partial charge in [-0.1, -0.05) is 6.07 Å². The molecule has 0 spiro atoms. The van der Waals surface area contributed by atoms with Crippen LogP contribution in [0.2, 0.25) is 0 Å². The number of hydrogen-bond donors (Lipinski definition) is 1. The van der Waals surface area contributed by atoms with E-state index in [-0.39, 0.29) is 17.5 Å². The lowest BCUT2D eigenvalue weighted by Gasteiger charge is -2.34. The van der Waals surface area contributed by atoms with Gasteiger partial charge in [0.25, 0.3) is 0 Å². The summed E-state index contributed by atoms with van der Waals surface area (Å²) in [5, 5.41) is 1.04. The van der Waals surface area contributed by atoms with Crippen LogP contribution >= 0.6 is 0 Å². The molecule has 0 saturated carbocycles. The van der Waals surface area contributed by atoms with Gasteiger partial charge in [0.05, 0.1) is 12.6 Å². The second-order valence-electron chi connectivity index (χ2n) is 9.97. The molecule has 1 atom stereocenters. The molecule has 6 nitrogen and oxygen atoms in total. The van der Waals surface area contributed by atoms with Crippen LogP contribution in [0.4, 0.5) is 4.39 Å². The monoisotopic (exact) mass is 478 g/mol. The lowest BCUT2D eigenvalue weighted by molar-refractivity contribution is 0.110. The molecule has 0 amide bonds. The number of nitrogens with one attached hydrogen (secondary N) is 1. The van der Waals surface area contributed by atoms with Gasteiger partial charge < -0.3 is 18.9 Å². The molecule has 1 aromatic heterocycles. The van der Waals surface area contributed by atoms with Crippen molar-refractivity contribution in [2.75, 3.05) is 26.2 Å². The van der Waals surface area contributed by atoms with Crippen LogP contribution in [-0.4, -0.2) is 31.1 Å². The Morgan fingerprint density at radius 3 is 2.80 bits per heavy atom. The second kappa shape index (κ2) is 9.63. The standard InChI is InChI=1S/C28H31FN2O4/c29-19-6-8-24-26(16-19)35-30-27(24)18-10-13-31(14-11-18)12-1-2-15-33-20-7-9-22-21-4-3-5-23(21)28(32)34-25(22)17-20/h6-9,16-18,27,30H,1-5,10-15H2. The Bertz CT molecular complexity index is 1280. The third kappa shape index (κ3) is 4.55. The summed E-state index contributed by atoms with van der Waals surface area (Å²) in [5.74, 6) is 1.61. The highest BCUT2D eigenvalue weighted by molar-refractivity contribution is 5.83. The summed E-state index contributed by atoms with van der Waals surface area (Å²) in [6.07, 6.45) is 7.05. The van der Waals surface area contributed by atoms with E-state index in [1.807, 2.05) is 24.3 Å². The number of unbranched alkanes of at least 4 members (excludes halogenated alkanes) is 1. The summed E-state index contributed by atoms with van der Waals surface area (Å²) in [4.78, 5) is 20.2. The Balaban J connectivity index is 0.945. The number of hydroxylamine groups is 1. The van der Waals surface area contributed by atoms with E-state index >= 15 is 0 Å². The van der Waals surface area contributed by atoms with Gasteiger partial charge in [-0.25, -0.2) is 9.18 Å². The van der Waals surface area contributed by atoms with Crippen molar-refractivity contribution < 1.29 is 18.4 Å². The van der Waals surface area contributed by atoms with Gasteiger partial charge in [0, 0.05) is 28.6 Å². The lowest BCUT2D eigenvalue weighted by atomic mass is 9.86. The maximum absolute atomic E-state index is 13.4. The van der Waals surface area contributed by atoms with Gasteiger partial charge in [-0.05, 0) is 94.3 Å². The number of nitrogens with zero attached hydrogens (tertiary/aromatic N) is 1. The van der Waals surface area contributed by atoms with E-state index in [0.29, 0.717) is 23.9 Å². The minimum Gasteiger partial charge on any atom is -0.493 e. The molecular formula is C28H31FN2O4. The molecule has 1 N–H and O–H groups in total. The summed E-state index contributed by atoms with van der Waals surface area (Å²) in [5.41, 5.74) is 6.62. The Hall–Kier alpha value is -2.90. The molecule has 7 heteroatoms. The minimum atomic E-state index is -0.264. The number of rotatable bonds is 7. The normalized spacial score (nSPS) is 20.1. The number of ether oxygens (including phenoxy) is 1. The average molecular weight is 479 g/mol. The van der Waals surface area contributed by atoms with Crippen LogP contribution < -0.4 is 20.7 Å².